The molecule has 0 atom stereocenters. The van der Waals surface area contributed by atoms with Crippen LogP contribution in [0.3, 0.4) is 0 Å². The predicted octanol–water partition coefficient (Wildman–Crippen LogP) is 2.90. The quantitative estimate of drug-likeness (QED) is 0.788. The topological polar surface area (TPSA) is 73.6 Å². The summed E-state index contributed by atoms with van der Waals surface area (Å²) < 4.78 is 49.6. The second kappa shape index (κ2) is 5.87. The van der Waals surface area contributed by atoms with E-state index in [1.807, 2.05) is 0 Å². The van der Waals surface area contributed by atoms with Gasteiger partial charge >= 0.3 is 6.18 Å². The molecule has 1 N–H and O–H groups in total. The Labute approximate surface area is 134 Å². The Morgan fingerprint density at radius 3 is 2.50 bits per heavy atom. The van der Waals surface area contributed by atoms with E-state index >= 15 is 0 Å². The summed E-state index contributed by atoms with van der Waals surface area (Å²) in [5.41, 5.74) is 0.515. The van der Waals surface area contributed by atoms with E-state index in [4.69, 9.17) is 9.47 Å². The van der Waals surface area contributed by atoms with E-state index in [0.29, 0.717) is 21.7 Å². The van der Waals surface area contributed by atoms with Crippen molar-refractivity contribution in [2.45, 2.75) is 6.18 Å². The molecular formula is C14H12F3N5O2. The standard InChI is InChI=1S/C14H12F3N5O2/c1-23-8-3-4-9(10(7-8)24-2)18-11-5-6-12-19-20-13(14(15,16)17)22(12)21-11/h3-7H,1-2H3,(H,18,21). The van der Waals surface area contributed by atoms with Gasteiger partial charge in [0, 0.05) is 6.07 Å². The second-order valence-corrected chi connectivity index (χ2v) is 4.70. The minimum Gasteiger partial charge on any atom is -0.497 e. The Bertz CT molecular complexity index is 878. The van der Waals surface area contributed by atoms with Crippen LogP contribution in [0.1, 0.15) is 5.82 Å². The molecule has 0 spiro atoms. The average molecular weight is 339 g/mol. The summed E-state index contributed by atoms with van der Waals surface area (Å²) in [6, 6.07) is 7.87. The Hall–Kier alpha value is -3.04. The molecular weight excluding hydrogens is 327 g/mol. The van der Waals surface area contributed by atoms with Gasteiger partial charge in [0.2, 0.25) is 0 Å². The number of benzene rings is 1. The maximum absolute atomic E-state index is 12.9. The molecule has 10 heteroatoms. The fraction of sp³-hybridized carbons (Fsp3) is 0.214. The van der Waals surface area contributed by atoms with Crippen molar-refractivity contribution in [3.05, 3.63) is 36.2 Å². The lowest BCUT2D eigenvalue weighted by Crippen LogP contribution is -2.13. The first kappa shape index (κ1) is 15.8. The van der Waals surface area contributed by atoms with Crippen LogP contribution in [-0.2, 0) is 6.18 Å². The van der Waals surface area contributed by atoms with Gasteiger partial charge in [-0.1, -0.05) is 0 Å². The van der Waals surface area contributed by atoms with E-state index in [0.717, 1.165) is 0 Å². The summed E-state index contributed by atoms with van der Waals surface area (Å²) in [6.45, 7) is 0. The molecule has 0 aliphatic carbocycles. The third kappa shape index (κ3) is 2.90. The highest BCUT2D eigenvalue weighted by Crippen LogP contribution is 2.31. The van der Waals surface area contributed by atoms with Gasteiger partial charge in [0.05, 0.1) is 19.9 Å². The van der Waals surface area contributed by atoms with Crippen LogP contribution < -0.4 is 14.8 Å². The summed E-state index contributed by atoms with van der Waals surface area (Å²) in [5.74, 6) is 0.0224. The van der Waals surface area contributed by atoms with Crippen molar-refractivity contribution < 1.29 is 22.6 Å². The maximum Gasteiger partial charge on any atom is 0.453 e. The molecule has 24 heavy (non-hydrogen) atoms. The molecule has 3 rings (SSSR count). The number of nitrogens with one attached hydrogen (secondary N) is 1. The van der Waals surface area contributed by atoms with Crippen LogP contribution in [-0.4, -0.2) is 34.0 Å². The van der Waals surface area contributed by atoms with E-state index in [1.165, 1.54) is 26.4 Å². The van der Waals surface area contributed by atoms with Gasteiger partial charge in [-0.15, -0.1) is 15.3 Å². The Kier molecular flexibility index (Phi) is 3.87. The van der Waals surface area contributed by atoms with Crippen LogP contribution >= 0.6 is 0 Å². The van der Waals surface area contributed by atoms with E-state index in [2.05, 4.69) is 20.6 Å². The number of halogens is 3. The van der Waals surface area contributed by atoms with Gasteiger partial charge in [-0.05, 0) is 24.3 Å². The van der Waals surface area contributed by atoms with Crippen LogP contribution in [0.5, 0.6) is 11.5 Å². The number of anilines is 2. The van der Waals surface area contributed by atoms with Gasteiger partial charge < -0.3 is 14.8 Å². The molecule has 1 aromatic carbocycles. The third-order valence-electron chi connectivity index (χ3n) is 3.19. The van der Waals surface area contributed by atoms with Crippen LogP contribution in [0.25, 0.3) is 5.65 Å². The van der Waals surface area contributed by atoms with E-state index in [1.54, 1.807) is 18.2 Å². The molecule has 0 aliphatic rings. The highest BCUT2D eigenvalue weighted by atomic mass is 19.4. The first-order valence-electron chi connectivity index (χ1n) is 6.71. The summed E-state index contributed by atoms with van der Waals surface area (Å²) in [4.78, 5) is 0. The van der Waals surface area contributed by atoms with Crippen LogP contribution in [0.2, 0.25) is 0 Å². The van der Waals surface area contributed by atoms with Crippen molar-refractivity contribution in [3.63, 3.8) is 0 Å². The Morgan fingerprint density at radius 2 is 1.83 bits per heavy atom. The smallest absolute Gasteiger partial charge is 0.453 e. The second-order valence-electron chi connectivity index (χ2n) is 4.70. The SMILES string of the molecule is COc1ccc(Nc2ccc3nnc(C(F)(F)F)n3n2)c(OC)c1. The van der Waals surface area contributed by atoms with E-state index < -0.39 is 12.0 Å². The monoisotopic (exact) mass is 339 g/mol. The molecule has 0 saturated carbocycles. The van der Waals surface area contributed by atoms with Gasteiger partial charge in [0.25, 0.3) is 5.82 Å². The summed E-state index contributed by atoms with van der Waals surface area (Å²) in [7, 11) is 2.99. The number of methoxy groups -OCH3 is 2. The molecule has 0 aliphatic heterocycles. The minimum absolute atomic E-state index is 0.00503. The van der Waals surface area contributed by atoms with Crippen LogP contribution in [0, 0.1) is 0 Å². The van der Waals surface area contributed by atoms with Crippen molar-refractivity contribution in [3.8, 4) is 11.5 Å². The van der Waals surface area contributed by atoms with Crippen LogP contribution in [0.15, 0.2) is 30.3 Å². The first-order valence-corrected chi connectivity index (χ1v) is 6.71. The highest BCUT2D eigenvalue weighted by molar-refractivity contribution is 5.66. The molecule has 0 saturated heterocycles. The molecule has 2 aromatic heterocycles. The van der Waals surface area contributed by atoms with Crippen molar-refractivity contribution in [2.24, 2.45) is 0 Å². The van der Waals surface area contributed by atoms with Crippen molar-refractivity contribution in [1.82, 2.24) is 19.8 Å². The fourth-order valence-corrected chi connectivity index (χ4v) is 2.07. The lowest BCUT2D eigenvalue weighted by Gasteiger charge is -2.12. The largest absolute Gasteiger partial charge is 0.497 e. The van der Waals surface area contributed by atoms with Gasteiger partial charge in [-0.3, -0.25) is 0 Å². The Balaban J connectivity index is 1.99. The lowest BCUT2D eigenvalue weighted by molar-refractivity contribution is -0.146. The minimum atomic E-state index is -4.65. The molecule has 0 fully saturated rings. The molecule has 3 aromatic rings. The normalized spacial score (nSPS) is 11.5. The maximum atomic E-state index is 12.9. The third-order valence-corrected chi connectivity index (χ3v) is 3.19. The summed E-state index contributed by atoms with van der Waals surface area (Å²) in [5, 5.41) is 13.4. The average Bonchev–Trinajstić information content (AvgIpc) is 2.98. The zero-order chi connectivity index (χ0) is 17.3. The summed E-state index contributed by atoms with van der Waals surface area (Å²) in [6.07, 6.45) is -4.65. The van der Waals surface area contributed by atoms with Crippen molar-refractivity contribution in [2.75, 3.05) is 19.5 Å². The number of fused-ring (bicyclic) bond motifs is 1. The predicted molar refractivity (Wildman–Crippen MR) is 78.6 cm³/mol. The molecule has 0 bridgehead atoms. The van der Waals surface area contributed by atoms with Gasteiger partial charge in [-0.2, -0.15) is 17.7 Å². The number of nitrogens with zero attached hydrogens (tertiary/aromatic N) is 4. The first-order chi connectivity index (χ1) is 11.4. The molecule has 0 unspecified atom stereocenters. The number of ether oxygens (including phenoxy) is 2. The van der Waals surface area contributed by atoms with Gasteiger partial charge in [0.15, 0.2) is 11.5 Å². The molecule has 0 amide bonds. The van der Waals surface area contributed by atoms with E-state index in [9.17, 15) is 13.2 Å². The summed E-state index contributed by atoms with van der Waals surface area (Å²) >= 11 is 0. The molecule has 126 valence electrons. The number of hydrogen-bond acceptors (Lipinski definition) is 6. The van der Waals surface area contributed by atoms with Crippen molar-refractivity contribution >= 4 is 17.2 Å². The number of aromatic nitrogens is 4. The van der Waals surface area contributed by atoms with Crippen molar-refractivity contribution in [1.29, 1.82) is 0 Å². The number of alkyl halides is 3. The van der Waals surface area contributed by atoms with Gasteiger partial charge in [-0.25, -0.2) is 0 Å². The fourth-order valence-electron chi connectivity index (χ4n) is 2.07. The van der Waals surface area contributed by atoms with E-state index in [-0.39, 0.29) is 11.5 Å². The number of rotatable bonds is 4. The highest BCUT2D eigenvalue weighted by Gasteiger charge is 2.37. The molecule has 0 radical (unpaired) electrons. The molecule has 2 heterocycles. The zero-order valence-corrected chi connectivity index (χ0v) is 12.6. The lowest BCUT2D eigenvalue weighted by atomic mass is 10.2. The number of hydrogen-bond donors (Lipinski definition) is 1. The molecule has 7 nitrogen and oxygen atoms in total. The van der Waals surface area contributed by atoms with Gasteiger partial charge in [0.1, 0.15) is 11.5 Å². The zero-order valence-electron chi connectivity index (χ0n) is 12.6. The van der Waals surface area contributed by atoms with Crippen LogP contribution in [0.4, 0.5) is 24.7 Å². The Morgan fingerprint density at radius 1 is 1.04 bits per heavy atom.